The van der Waals surface area contributed by atoms with Gasteiger partial charge in [0.15, 0.2) is 0 Å². The molecule has 0 radical (unpaired) electrons. The molecule has 0 saturated heterocycles. The number of hydrogen-bond donors (Lipinski definition) is 0. The fraction of sp³-hybridized carbons (Fsp3) is 0.296. The van der Waals surface area contributed by atoms with E-state index in [4.69, 9.17) is 0 Å². The van der Waals surface area contributed by atoms with Gasteiger partial charge in [0.2, 0.25) is 0 Å². The summed E-state index contributed by atoms with van der Waals surface area (Å²) in [6, 6.07) is 29.8. The Balaban J connectivity index is 1.72. The Morgan fingerprint density at radius 3 is 2.07 bits per heavy atom. The van der Waals surface area contributed by atoms with E-state index in [1.54, 1.807) is 0 Å². The van der Waals surface area contributed by atoms with E-state index in [2.05, 4.69) is 105 Å². The van der Waals surface area contributed by atoms with E-state index in [0.717, 1.165) is 12.1 Å². The molecule has 1 saturated carbocycles. The first-order valence-corrected chi connectivity index (χ1v) is 10.5. The van der Waals surface area contributed by atoms with Crippen LogP contribution in [-0.4, -0.2) is 11.8 Å². The highest BCUT2D eigenvalue weighted by atomic mass is 16.1. The second-order valence-corrected chi connectivity index (χ2v) is 9.16. The van der Waals surface area contributed by atoms with Crippen LogP contribution in [0.25, 0.3) is 0 Å². The van der Waals surface area contributed by atoms with Gasteiger partial charge in [0.1, 0.15) is 5.78 Å². The van der Waals surface area contributed by atoms with E-state index in [9.17, 15) is 4.79 Å². The number of carbonyl (C=O) groups is 1. The highest BCUT2D eigenvalue weighted by molar-refractivity contribution is 5.99. The minimum absolute atomic E-state index is 0.102. The Morgan fingerprint density at radius 2 is 1.38 bits per heavy atom. The molecule has 0 bridgehead atoms. The summed E-state index contributed by atoms with van der Waals surface area (Å²) in [5.74, 6) is 0.219. The van der Waals surface area contributed by atoms with Gasteiger partial charge in [-0.3, -0.25) is 4.79 Å². The minimum Gasteiger partial charge on any atom is -0.362 e. The Morgan fingerprint density at radius 1 is 0.793 bits per heavy atom. The van der Waals surface area contributed by atoms with E-state index in [1.807, 2.05) is 6.07 Å². The third-order valence-electron chi connectivity index (χ3n) is 7.57. The standard InChI is InChI=1S/C27H27NO/c1-26(2)25(29)23(20-14-8-5-9-15-20)24-27(26,3)21-16-10-11-17-22(21)28(24)18-19-12-6-4-7-13-19/h4-17,23-24H,18H2,1-3H3/t23-,24-,27-/m0/s1. The van der Waals surface area contributed by atoms with Crippen LogP contribution < -0.4 is 4.90 Å². The van der Waals surface area contributed by atoms with Crippen LogP contribution in [0.4, 0.5) is 5.69 Å². The molecule has 5 rings (SSSR count). The maximum absolute atomic E-state index is 13.8. The molecule has 1 heterocycles. The lowest BCUT2D eigenvalue weighted by Gasteiger charge is -2.39. The van der Waals surface area contributed by atoms with Crippen molar-refractivity contribution in [1.82, 2.24) is 0 Å². The second-order valence-electron chi connectivity index (χ2n) is 9.16. The van der Waals surface area contributed by atoms with E-state index >= 15 is 0 Å². The largest absolute Gasteiger partial charge is 0.362 e. The lowest BCUT2D eigenvalue weighted by Crippen LogP contribution is -2.46. The molecule has 0 N–H and O–H groups in total. The molecule has 1 fully saturated rings. The first-order valence-electron chi connectivity index (χ1n) is 10.5. The molecule has 146 valence electrons. The summed E-state index contributed by atoms with van der Waals surface area (Å²) in [4.78, 5) is 16.3. The smallest absolute Gasteiger partial charge is 0.148 e. The fourth-order valence-electron chi connectivity index (χ4n) is 5.75. The minimum atomic E-state index is -0.445. The normalized spacial score (nSPS) is 27.0. The van der Waals surface area contributed by atoms with Crippen LogP contribution >= 0.6 is 0 Å². The monoisotopic (exact) mass is 381 g/mol. The number of para-hydroxylation sites is 1. The van der Waals surface area contributed by atoms with Gasteiger partial charge in [-0.05, 0) is 22.8 Å². The first kappa shape index (κ1) is 18.2. The van der Waals surface area contributed by atoms with Gasteiger partial charge in [-0.2, -0.15) is 0 Å². The topological polar surface area (TPSA) is 20.3 Å². The number of hydrogen-bond acceptors (Lipinski definition) is 2. The van der Waals surface area contributed by atoms with Gasteiger partial charge < -0.3 is 4.90 Å². The zero-order chi connectivity index (χ0) is 20.2. The SMILES string of the molecule is CC1(C)C(=O)[C@@H](c2ccccc2)[C@@H]2N(Cc3ccccc3)c3ccccc3[C@@]21C. The summed E-state index contributed by atoms with van der Waals surface area (Å²) in [7, 11) is 0. The maximum Gasteiger partial charge on any atom is 0.148 e. The van der Waals surface area contributed by atoms with Crippen molar-refractivity contribution in [3.63, 3.8) is 0 Å². The average Bonchev–Trinajstić information content (AvgIpc) is 3.08. The number of ketones is 1. The van der Waals surface area contributed by atoms with Crippen molar-refractivity contribution in [2.75, 3.05) is 4.90 Å². The predicted octanol–water partition coefficient (Wildman–Crippen LogP) is 5.73. The summed E-state index contributed by atoms with van der Waals surface area (Å²) in [6.45, 7) is 7.41. The molecule has 3 aromatic carbocycles. The average molecular weight is 382 g/mol. The Bertz CT molecular complexity index is 1060. The Labute approximate surface area is 173 Å². The second kappa shape index (κ2) is 6.32. The van der Waals surface area contributed by atoms with Gasteiger partial charge >= 0.3 is 0 Å². The van der Waals surface area contributed by atoms with Gasteiger partial charge in [0, 0.05) is 23.1 Å². The molecule has 0 amide bonds. The van der Waals surface area contributed by atoms with Crippen LogP contribution in [0.5, 0.6) is 0 Å². The maximum atomic E-state index is 13.8. The van der Waals surface area contributed by atoms with Crippen molar-refractivity contribution in [2.24, 2.45) is 5.41 Å². The number of carbonyl (C=O) groups excluding carboxylic acids is 1. The van der Waals surface area contributed by atoms with Crippen molar-refractivity contribution < 1.29 is 4.79 Å². The number of nitrogens with zero attached hydrogens (tertiary/aromatic N) is 1. The molecule has 29 heavy (non-hydrogen) atoms. The number of rotatable bonds is 3. The number of anilines is 1. The van der Waals surface area contributed by atoms with Crippen molar-refractivity contribution in [2.45, 2.75) is 44.7 Å². The van der Waals surface area contributed by atoms with Gasteiger partial charge in [-0.15, -0.1) is 0 Å². The number of Topliss-reactive ketones (excluding diaryl/α,β-unsaturated/α-hetero) is 1. The van der Waals surface area contributed by atoms with E-state index in [1.165, 1.54) is 16.8 Å². The van der Waals surface area contributed by atoms with Gasteiger partial charge in [0.05, 0.1) is 12.0 Å². The summed E-state index contributed by atoms with van der Waals surface area (Å²) in [6.07, 6.45) is 0. The lowest BCUT2D eigenvalue weighted by atomic mass is 9.64. The van der Waals surface area contributed by atoms with Crippen LogP contribution in [0.1, 0.15) is 43.4 Å². The molecule has 3 aromatic rings. The Kier molecular flexibility index (Phi) is 3.96. The summed E-state index contributed by atoms with van der Waals surface area (Å²) >= 11 is 0. The molecular weight excluding hydrogens is 354 g/mol. The summed E-state index contributed by atoms with van der Waals surface area (Å²) < 4.78 is 0. The van der Waals surface area contributed by atoms with Gasteiger partial charge in [0.25, 0.3) is 0 Å². The van der Waals surface area contributed by atoms with Crippen LogP contribution in [0, 0.1) is 5.41 Å². The zero-order valence-electron chi connectivity index (χ0n) is 17.3. The molecule has 0 unspecified atom stereocenters. The number of benzene rings is 3. The molecule has 0 aromatic heterocycles. The quantitative estimate of drug-likeness (QED) is 0.578. The molecule has 2 aliphatic rings. The van der Waals surface area contributed by atoms with E-state index in [-0.39, 0.29) is 17.4 Å². The highest BCUT2D eigenvalue weighted by Crippen LogP contribution is 2.64. The Hall–Kier alpha value is -2.87. The van der Waals surface area contributed by atoms with E-state index < -0.39 is 5.41 Å². The van der Waals surface area contributed by atoms with Gasteiger partial charge in [-0.1, -0.05) is 99.6 Å². The third kappa shape index (κ3) is 2.38. The predicted molar refractivity (Wildman–Crippen MR) is 118 cm³/mol. The molecular formula is C27H27NO. The highest BCUT2D eigenvalue weighted by Gasteiger charge is 2.68. The summed E-state index contributed by atoms with van der Waals surface area (Å²) in [5, 5.41) is 0. The molecule has 0 spiro atoms. The van der Waals surface area contributed by atoms with Crippen molar-refractivity contribution in [1.29, 1.82) is 0 Å². The summed E-state index contributed by atoms with van der Waals surface area (Å²) in [5.41, 5.74) is 4.29. The fourth-order valence-corrected chi connectivity index (χ4v) is 5.75. The van der Waals surface area contributed by atoms with Crippen molar-refractivity contribution in [3.05, 3.63) is 102 Å². The van der Waals surface area contributed by atoms with Crippen LogP contribution in [-0.2, 0) is 16.8 Å². The van der Waals surface area contributed by atoms with Crippen LogP contribution in [0.15, 0.2) is 84.9 Å². The zero-order valence-corrected chi connectivity index (χ0v) is 17.3. The van der Waals surface area contributed by atoms with Gasteiger partial charge in [-0.25, -0.2) is 0 Å². The van der Waals surface area contributed by atoms with E-state index in [0.29, 0.717) is 5.78 Å². The molecule has 2 heteroatoms. The van der Waals surface area contributed by atoms with Crippen LogP contribution in [0.3, 0.4) is 0 Å². The molecule has 2 nitrogen and oxygen atoms in total. The lowest BCUT2D eigenvalue weighted by molar-refractivity contribution is -0.126. The van der Waals surface area contributed by atoms with Crippen molar-refractivity contribution >= 4 is 11.5 Å². The van der Waals surface area contributed by atoms with Crippen molar-refractivity contribution in [3.8, 4) is 0 Å². The number of fused-ring (bicyclic) bond motifs is 3. The molecule has 1 aliphatic carbocycles. The molecule has 3 atom stereocenters. The molecule has 1 aliphatic heterocycles. The van der Waals surface area contributed by atoms with Crippen LogP contribution in [0.2, 0.25) is 0 Å². The third-order valence-corrected chi connectivity index (χ3v) is 7.57. The first-order chi connectivity index (χ1) is 14.0.